The van der Waals surface area contributed by atoms with Gasteiger partial charge in [-0.05, 0) is 93.8 Å². The first-order valence-electron chi connectivity index (χ1n) is 11.2. The summed E-state index contributed by atoms with van der Waals surface area (Å²) in [7, 11) is 0. The van der Waals surface area contributed by atoms with Gasteiger partial charge in [-0.15, -0.1) is 0 Å². The molecular formula is C27H21Br2NO6S. The molecule has 0 aromatic heterocycles. The normalized spacial score (nSPS) is 14.4. The molecule has 10 heteroatoms. The summed E-state index contributed by atoms with van der Waals surface area (Å²) in [6.45, 7) is 2.64. The molecule has 1 fully saturated rings. The van der Waals surface area contributed by atoms with Crippen LogP contribution >= 0.6 is 43.6 Å². The molecule has 0 spiro atoms. The zero-order chi connectivity index (χ0) is 26.5. The second-order valence-electron chi connectivity index (χ2n) is 7.95. The standard InChI is InChI=1S/C27H21Br2NO6S/c1-2-35-22-12-18(11-21(29)24(22)36-15-17-3-7-19(8-4-17)26(32)33)13-23-25(31)30(27(34)37-23)14-16-5-9-20(28)10-6-16/h3-13H,2,14-15H2,1H3,(H,32,33)/b23-13-. The van der Waals surface area contributed by atoms with Crippen molar-refractivity contribution >= 4 is 66.8 Å². The lowest BCUT2D eigenvalue weighted by Gasteiger charge is -2.15. The molecular weight excluding hydrogens is 626 g/mol. The molecule has 0 bridgehead atoms. The van der Waals surface area contributed by atoms with Crippen LogP contribution in [0.4, 0.5) is 4.79 Å². The molecule has 3 aromatic carbocycles. The zero-order valence-corrected chi connectivity index (χ0v) is 23.6. The lowest BCUT2D eigenvalue weighted by atomic mass is 10.1. The van der Waals surface area contributed by atoms with Gasteiger partial charge in [-0.25, -0.2) is 4.79 Å². The van der Waals surface area contributed by atoms with E-state index in [0.29, 0.717) is 33.0 Å². The molecule has 0 unspecified atom stereocenters. The maximum Gasteiger partial charge on any atom is 0.335 e. The van der Waals surface area contributed by atoms with Gasteiger partial charge in [0.2, 0.25) is 0 Å². The predicted octanol–water partition coefficient (Wildman–Crippen LogP) is 7.12. The summed E-state index contributed by atoms with van der Waals surface area (Å²) in [5, 5.41) is 8.74. The third kappa shape index (κ3) is 6.63. The second kappa shape index (κ2) is 12.0. The van der Waals surface area contributed by atoms with Crippen LogP contribution in [0.1, 0.15) is 34.0 Å². The zero-order valence-electron chi connectivity index (χ0n) is 19.6. The van der Waals surface area contributed by atoms with E-state index in [2.05, 4.69) is 31.9 Å². The Morgan fingerprint density at radius 3 is 2.32 bits per heavy atom. The summed E-state index contributed by atoms with van der Waals surface area (Å²) in [5.41, 5.74) is 2.52. The number of halogens is 2. The van der Waals surface area contributed by atoms with E-state index in [0.717, 1.165) is 27.4 Å². The first-order chi connectivity index (χ1) is 17.7. The fourth-order valence-electron chi connectivity index (χ4n) is 3.53. The number of hydrogen-bond donors (Lipinski definition) is 1. The quantitative estimate of drug-likeness (QED) is 0.247. The molecule has 4 rings (SSSR count). The number of carbonyl (C=O) groups excluding carboxylic acids is 2. The molecule has 0 atom stereocenters. The van der Waals surface area contributed by atoms with Crippen molar-refractivity contribution in [2.75, 3.05) is 6.61 Å². The van der Waals surface area contributed by atoms with Crippen LogP contribution in [-0.2, 0) is 17.9 Å². The van der Waals surface area contributed by atoms with Crippen LogP contribution in [0.2, 0.25) is 0 Å². The van der Waals surface area contributed by atoms with Crippen molar-refractivity contribution in [3.63, 3.8) is 0 Å². The fourth-order valence-corrected chi connectivity index (χ4v) is 5.21. The average Bonchev–Trinajstić information content (AvgIpc) is 3.12. The van der Waals surface area contributed by atoms with Gasteiger partial charge in [0.25, 0.3) is 11.1 Å². The molecule has 3 aromatic rings. The van der Waals surface area contributed by atoms with Gasteiger partial charge in [0.05, 0.1) is 28.1 Å². The molecule has 7 nitrogen and oxygen atoms in total. The molecule has 190 valence electrons. The number of aromatic carboxylic acids is 1. The monoisotopic (exact) mass is 645 g/mol. The Kier molecular flexibility index (Phi) is 8.73. The highest BCUT2D eigenvalue weighted by Gasteiger charge is 2.35. The summed E-state index contributed by atoms with van der Waals surface area (Å²) in [4.78, 5) is 38.1. The number of hydrogen-bond acceptors (Lipinski definition) is 6. The number of imide groups is 1. The first-order valence-corrected chi connectivity index (χ1v) is 13.6. The predicted molar refractivity (Wildman–Crippen MR) is 149 cm³/mol. The van der Waals surface area contributed by atoms with Crippen molar-refractivity contribution < 1.29 is 29.0 Å². The molecule has 1 aliphatic heterocycles. The summed E-state index contributed by atoms with van der Waals surface area (Å²) in [6.07, 6.45) is 1.66. The van der Waals surface area contributed by atoms with Crippen LogP contribution in [0, 0.1) is 0 Å². The Morgan fingerprint density at radius 1 is 1.00 bits per heavy atom. The summed E-state index contributed by atoms with van der Waals surface area (Å²) in [5.74, 6) is -0.392. The summed E-state index contributed by atoms with van der Waals surface area (Å²) in [6, 6.07) is 17.4. The molecule has 1 heterocycles. The highest BCUT2D eigenvalue weighted by molar-refractivity contribution is 9.10. The number of benzene rings is 3. The molecule has 0 radical (unpaired) electrons. The summed E-state index contributed by atoms with van der Waals surface area (Å²) < 4.78 is 13.3. The third-order valence-electron chi connectivity index (χ3n) is 5.34. The Morgan fingerprint density at radius 2 is 1.68 bits per heavy atom. The number of carboxylic acids is 1. The lowest BCUT2D eigenvalue weighted by molar-refractivity contribution is -0.123. The highest BCUT2D eigenvalue weighted by atomic mass is 79.9. The molecule has 1 aliphatic rings. The van der Waals surface area contributed by atoms with Crippen LogP contribution in [-0.4, -0.2) is 33.7 Å². The van der Waals surface area contributed by atoms with Gasteiger partial charge in [0.1, 0.15) is 6.61 Å². The SMILES string of the molecule is CCOc1cc(/C=C2\SC(=O)N(Cc3ccc(Br)cc3)C2=O)cc(Br)c1OCc1ccc(C(=O)O)cc1. The number of ether oxygens (including phenoxy) is 2. The Hall–Kier alpha value is -3.08. The van der Waals surface area contributed by atoms with Gasteiger partial charge < -0.3 is 14.6 Å². The van der Waals surface area contributed by atoms with Crippen molar-refractivity contribution in [1.82, 2.24) is 4.90 Å². The van der Waals surface area contributed by atoms with Crippen LogP contribution < -0.4 is 9.47 Å². The van der Waals surface area contributed by atoms with Gasteiger partial charge >= 0.3 is 5.97 Å². The Balaban J connectivity index is 1.52. The van der Waals surface area contributed by atoms with Crippen LogP contribution in [0.25, 0.3) is 6.08 Å². The fraction of sp³-hybridized carbons (Fsp3) is 0.148. The van der Waals surface area contributed by atoms with Crippen LogP contribution in [0.5, 0.6) is 11.5 Å². The number of thioether (sulfide) groups is 1. The number of nitrogens with zero attached hydrogens (tertiary/aromatic N) is 1. The van der Waals surface area contributed by atoms with Crippen molar-refractivity contribution in [1.29, 1.82) is 0 Å². The molecule has 1 N–H and O–H groups in total. The number of rotatable bonds is 9. The first kappa shape index (κ1) is 27.0. The Bertz CT molecular complexity index is 1370. The van der Waals surface area contributed by atoms with Crippen molar-refractivity contribution in [2.24, 2.45) is 0 Å². The van der Waals surface area contributed by atoms with E-state index in [1.807, 2.05) is 31.2 Å². The van der Waals surface area contributed by atoms with E-state index in [1.54, 1.807) is 30.3 Å². The minimum absolute atomic E-state index is 0.198. The third-order valence-corrected chi connectivity index (χ3v) is 7.37. The van der Waals surface area contributed by atoms with Gasteiger partial charge in [-0.3, -0.25) is 14.5 Å². The molecule has 37 heavy (non-hydrogen) atoms. The molecule has 0 aliphatic carbocycles. The topological polar surface area (TPSA) is 93.1 Å². The maximum absolute atomic E-state index is 13.0. The van der Waals surface area contributed by atoms with E-state index in [9.17, 15) is 14.4 Å². The number of carbonyl (C=O) groups is 3. The van der Waals surface area contributed by atoms with E-state index in [1.165, 1.54) is 17.0 Å². The van der Waals surface area contributed by atoms with E-state index in [-0.39, 0.29) is 29.9 Å². The molecule has 1 saturated heterocycles. The Labute approximate surface area is 234 Å². The highest BCUT2D eigenvalue weighted by Crippen LogP contribution is 2.40. The van der Waals surface area contributed by atoms with E-state index in [4.69, 9.17) is 14.6 Å². The molecule has 2 amide bonds. The van der Waals surface area contributed by atoms with Gasteiger partial charge in [-0.2, -0.15) is 0 Å². The smallest absolute Gasteiger partial charge is 0.335 e. The van der Waals surface area contributed by atoms with E-state index < -0.39 is 5.97 Å². The molecule has 0 saturated carbocycles. The van der Waals surface area contributed by atoms with E-state index >= 15 is 0 Å². The van der Waals surface area contributed by atoms with Crippen LogP contribution in [0.3, 0.4) is 0 Å². The largest absolute Gasteiger partial charge is 0.490 e. The number of carboxylic acid groups (broad SMARTS) is 1. The van der Waals surface area contributed by atoms with Gasteiger partial charge in [0.15, 0.2) is 11.5 Å². The van der Waals surface area contributed by atoms with Crippen molar-refractivity contribution in [3.8, 4) is 11.5 Å². The van der Waals surface area contributed by atoms with Crippen molar-refractivity contribution in [2.45, 2.75) is 20.1 Å². The van der Waals surface area contributed by atoms with Crippen molar-refractivity contribution in [3.05, 3.63) is 96.8 Å². The second-order valence-corrected chi connectivity index (χ2v) is 10.7. The van der Waals surface area contributed by atoms with Gasteiger partial charge in [0, 0.05) is 4.47 Å². The minimum Gasteiger partial charge on any atom is -0.490 e. The summed E-state index contributed by atoms with van der Waals surface area (Å²) >= 11 is 7.81. The lowest BCUT2D eigenvalue weighted by Crippen LogP contribution is -2.27. The van der Waals surface area contributed by atoms with Gasteiger partial charge in [-0.1, -0.05) is 40.2 Å². The number of amides is 2. The average molecular weight is 647 g/mol. The minimum atomic E-state index is -0.990. The maximum atomic E-state index is 13.0. The van der Waals surface area contributed by atoms with Crippen LogP contribution in [0.15, 0.2) is 74.5 Å².